The number of rotatable bonds is 8. The molecular weight excluding hydrogens is 743 g/mol. The third-order valence-electron chi connectivity index (χ3n) is 11.3. The lowest BCUT2D eigenvalue weighted by molar-refractivity contribution is 0.636. The second-order valence-corrected chi connectivity index (χ2v) is 15.1. The van der Waals surface area contributed by atoms with Gasteiger partial charge in [0.15, 0.2) is 5.82 Å². The normalized spacial score (nSPS) is 11.3. The van der Waals surface area contributed by atoms with Gasteiger partial charge in [0, 0.05) is 38.8 Å². The molecule has 0 aliphatic carbocycles. The first-order chi connectivity index (χ1) is 30.2. The Morgan fingerprint density at radius 1 is 0.311 bits per heavy atom. The van der Waals surface area contributed by atoms with Gasteiger partial charge >= 0.3 is 0 Å². The van der Waals surface area contributed by atoms with Crippen LogP contribution >= 0.6 is 0 Å². The van der Waals surface area contributed by atoms with Crippen molar-refractivity contribution in [1.82, 2.24) is 15.0 Å². The number of aromatic nitrogens is 3. The minimum absolute atomic E-state index is 0.658. The van der Waals surface area contributed by atoms with E-state index in [1.54, 1.807) is 0 Å². The van der Waals surface area contributed by atoms with Crippen LogP contribution in [0.1, 0.15) is 0 Å². The lowest BCUT2D eigenvalue weighted by Crippen LogP contribution is -1.96. The highest BCUT2D eigenvalue weighted by molar-refractivity contribution is 6.17. The Morgan fingerprint density at radius 3 is 1.39 bits per heavy atom. The average molecular weight is 780 g/mol. The van der Waals surface area contributed by atoms with E-state index in [1.807, 2.05) is 36.4 Å². The molecule has 8 aromatic carbocycles. The number of para-hydroxylation sites is 1. The molecular formula is C57H37N3O. The minimum Gasteiger partial charge on any atom is -0.455 e. The molecule has 11 rings (SSSR count). The lowest BCUT2D eigenvalue weighted by atomic mass is 9.93. The number of fused-ring (bicyclic) bond motifs is 3. The van der Waals surface area contributed by atoms with Crippen LogP contribution in [0.3, 0.4) is 0 Å². The van der Waals surface area contributed by atoms with Gasteiger partial charge in [0.2, 0.25) is 0 Å². The highest BCUT2D eigenvalue weighted by Crippen LogP contribution is 2.47. The lowest BCUT2D eigenvalue weighted by Gasteiger charge is -2.12. The molecule has 286 valence electrons. The van der Waals surface area contributed by atoms with E-state index in [-0.39, 0.29) is 0 Å². The van der Waals surface area contributed by atoms with Crippen molar-refractivity contribution in [2.45, 2.75) is 0 Å². The fourth-order valence-corrected chi connectivity index (χ4v) is 8.27. The monoisotopic (exact) mass is 779 g/mol. The molecule has 0 radical (unpaired) electrons. The molecule has 0 bridgehead atoms. The minimum atomic E-state index is 0.658. The standard InChI is InChI=1S/C57H37N3O/c1-5-16-38(17-6-1)40-28-32-42(33-29-40)50-37-51(60-57(59-50)45-34-30-41(31-35-45)39-18-7-2-8-19-39)46-24-15-25-47(36-46)52-53-54(43-20-9-3-10-21-43)58-49-27-14-13-26-48(49)56(53)61-55(52)44-22-11-4-12-23-44/h1-37H. The number of hydrogen-bond acceptors (Lipinski definition) is 4. The van der Waals surface area contributed by atoms with Crippen LogP contribution in [-0.2, 0) is 0 Å². The zero-order chi connectivity index (χ0) is 40.5. The van der Waals surface area contributed by atoms with Crippen molar-refractivity contribution >= 4 is 21.9 Å². The van der Waals surface area contributed by atoms with Crippen LogP contribution in [0.5, 0.6) is 0 Å². The number of pyridine rings is 1. The number of furan rings is 1. The zero-order valence-electron chi connectivity index (χ0n) is 33.1. The molecule has 0 unspecified atom stereocenters. The van der Waals surface area contributed by atoms with E-state index in [0.717, 1.165) is 94.8 Å². The fraction of sp³-hybridized carbons (Fsp3) is 0. The van der Waals surface area contributed by atoms with E-state index in [9.17, 15) is 0 Å². The molecule has 0 saturated heterocycles. The maximum Gasteiger partial charge on any atom is 0.160 e. The van der Waals surface area contributed by atoms with Crippen molar-refractivity contribution in [2.24, 2.45) is 0 Å². The summed E-state index contributed by atoms with van der Waals surface area (Å²) in [6.07, 6.45) is 0. The summed E-state index contributed by atoms with van der Waals surface area (Å²) in [4.78, 5) is 15.8. The van der Waals surface area contributed by atoms with Crippen molar-refractivity contribution in [1.29, 1.82) is 0 Å². The topological polar surface area (TPSA) is 51.8 Å². The van der Waals surface area contributed by atoms with Gasteiger partial charge in [-0.3, -0.25) is 0 Å². The van der Waals surface area contributed by atoms with E-state index < -0.39 is 0 Å². The Hall–Kier alpha value is -8.21. The van der Waals surface area contributed by atoms with Crippen LogP contribution in [0, 0.1) is 0 Å². The zero-order valence-corrected chi connectivity index (χ0v) is 33.1. The summed E-state index contributed by atoms with van der Waals surface area (Å²) in [5.41, 5.74) is 15.8. The molecule has 61 heavy (non-hydrogen) atoms. The SMILES string of the molecule is c1ccc(-c2ccc(-c3cc(-c4cccc(-c5c(-c6ccccc6)oc6c5c(-c5ccccc5)nc5ccccc56)c4)nc(-c4ccc(-c5ccccc5)cc4)n3)cc2)cc1. The molecule has 0 atom stereocenters. The van der Waals surface area contributed by atoms with Crippen LogP contribution in [-0.4, -0.2) is 15.0 Å². The second kappa shape index (κ2) is 15.5. The Morgan fingerprint density at radius 2 is 0.770 bits per heavy atom. The van der Waals surface area contributed by atoms with Crippen molar-refractivity contribution in [3.8, 4) is 89.9 Å². The maximum absolute atomic E-state index is 7.03. The van der Waals surface area contributed by atoms with Gasteiger partial charge in [-0.25, -0.2) is 15.0 Å². The van der Waals surface area contributed by atoms with Gasteiger partial charge in [0.1, 0.15) is 11.3 Å². The van der Waals surface area contributed by atoms with Gasteiger partial charge in [-0.1, -0.05) is 200 Å². The Bertz CT molecular complexity index is 3210. The fourth-order valence-electron chi connectivity index (χ4n) is 8.27. The molecule has 4 nitrogen and oxygen atoms in total. The summed E-state index contributed by atoms with van der Waals surface area (Å²) < 4.78 is 7.03. The van der Waals surface area contributed by atoms with Gasteiger partial charge < -0.3 is 4.42 Å². The molecule has 0 N–H and O–H groups in total. The van der Waals surface area contributed by atoms with Gasteiger partial charge in [-0.2, -0.15) is 0 Å². The number of nitrogens with zero attached hydrogens (tertiary/aromatic N) is 3. The van der Waals surface area contributed by atoms with Gasteiger partial charge in [0.25, 0.3) is 0 Å². The molecule has 0 amide bonds. The van der Waals surface area contributed by atoms with Gasteiger partial charge in [-0.05, 0) is 52.1 Å². The largest absolute Gasteiger partial charge is 0.455 e. The van der Waals surface area contributed by atoms with E-state index in [1.165, 1.54) is 11.1 Å². The second-order valence-electron chi connectivity index (χ2n) is 15.1. The first-order valence-corrected chi connectivity index (χ1v) is 20.5. The first-order valence-electron chi connectivity index (χ1n) is 20.5. The highest BCUT2D eigenvalue weighted by Gasteiger charge is 2.25. The van der Waals surface area contributed by atoms with Crippen LogP contribution in [0.15, 0.2) is 229 Å². The summed E-state index contributed by atoms with van der Waals surface area (Å²) in [5, 5.41) is 1.94. The van der Waals surface area contributed by atoms with Crippen LogP contribution < -0.4 is 0 Å². The summed E-state index contributed by atoms with van der Waals surface area (Å²) >= 11 is 0. The summed E-state index contributed by atoms with van der Waals surface area (Å²) in [5.74, 6) is 1.45. The van der Waals surface area contributed by atoms with E-state index >= 15 is 0 Å². The third-order valence-corrected chi connectivity index (χ3v) is 11.3. The summed E-state index contributed by atoms with van der Waals surface area (Å²) in [7, 11) is 0. The molecule has 0 aliphatic heterocycles. The Balaban J connectivity index is 1.10. The predicted molar refractivity (Wildman–Crippen MR) is 251 cm³/mol. The maximum atomic E-state index is 7.03. The van der Waals surface area contributed by atoms with Crippen molar-refractivity contribution in [2.75, 3.05) is 0 Å². The van der Waals surface area contributed by atoms with E-state index in [2.05, 4.69) is 188 Å². The van der Waals surface area contributed by atoms with Crippen molar-refractivity contribution in [3.63, 3.8) is 0 Å². The molecule has 0 spiro atoms. The van der Waals surface area contributed by atoms with Crippen molar-refractivity contribution in [3.05, 3.63) is 224 Å². The van der Waals surface area contributed by atoms with Gasteiger partial charge in [0.05, 0.1) is 28.0 Å². The molecule has 4 heteroatoms. The quantitative estimate of drug-likeness (QED) is 0.154. The Labute approximate surface area is 354 Å². The molecule has 0 saturated carbocycles. The predicted octanol–water partition coefficient (Wildman–Crippen LogP) is 15.1. The van der Waals surface area contributed by atoms with Crippen LogP contribution in [0.4, 0.5) is 0 Å². The first kappa shape index (κ1) is 35.9. The highest BCUT2D eigenvalue weighted by atomic mass is 16.3. The van der Waals surface area contributed by atoms with Gasteiger partial charge in [-0.15, -0.1) is 0 Å². The molecule has 3 aromatic heterocycles. The van der Waals surface area contributed by atoms with E-state index in [4.69, 9.17) is 19.4 Å². The molecule has 11 aromatic rings. The smallest absolute Gasteiger partial charge is 0.160 e. The van der Waals surface area contributed by atoms with Crippen LogP contribution in [0.25, 0.3) is 112 Å². The van der Waals surface area contributed by atoms with Crippen molar-refractivity contribution < 1.29 is 4.42 Å². The average Bonchev–Trinajstić information content (AvgIpc) is 3.76. The Kier molecular flexibility index (Phi) is 9.14. The number of benzene rings is 8. The summed E-state index contributed by atoms with van der Waals surface area (Å²) in [6.45, 7) is 0. The molecule has 0 fully saturated rings. The number of hydrogen-bond donors (Lipinski definition) is 0. The van der Waals surface area contributed by atoms with Crippen LogP contribution in [0.2, 0.25) is 0 Å². The summed E-state index contributed by atoms with van der Waals surface area (Å²) in [6, 6.07) is 77.8. The molecule has 0 aliphatic rings. The van der Waals surface area contributed by atoms with E-state index in [0.29, 0.717) is 5.82 Å². The molecule has 3 heterocycles. The third kappa shape index (κ3) is 6.86.